The molecule has 2 saturated heterocycles. The second kappa shape index (κ2) is 11.4. The van der Waals surface area contributed by atoms with E-state index in [0.717, 1.165) is 12.8 Å². The monoisotopic (exact) mass is 692 g/mol. The van der Waals surface area contributed by atoms with Crippen molar-refractivity contribution in [1.82, 2.24) is 0 Å². The van der Waals surface area contributed by atoms with Gasteiger partial charge in [-0.3, -0.25) is 9.59 Å². The summed E-state index contributed by atoms with van der Waals surface area (Å²) >= 11 is 0. The molecule has 16 atom stereocenters. The van der Waals surface area contributed by atoms with E-state index >= 15 is 0 Å². The zero-order chi connectivity index (χ0) is 35.7. The van der Waals surface area contributed by atoms with Crippen LogP contribution in [0, 0.1) is 50.2 Å². The number of fused-ring (bicyclic) bond motifs is 10. The Bertz CT molecular complexity index is 1400. The third-order valence-corrected chi connectivity index (χ3v) is 15.7. The Morgan fingerprint density at radius 1 is 0.939 bits per heavy atom. The highest BCUT2D eigenvalue weighted by Gasteiger charge is 2.77. The van der Waals surface area contributed by atoms with E-state index in [1.54, 1.807) is 0 Å². The maximum atomic E-state index is 13.9. The molecule has 0 aromatic heterocycles. The van der Waals surface area contributed by atoms with Crippen molar-refractivity contribution < 1.29 is 59.2 Å². The number of rotatable bonds is 5. The SMILES string of the molecule is COC(=O)C12CCC(C)(C)CC1C1=CCC3C4(C)CC5OC(=O)C(CO)(C5OC5OC(CO)C(O)C(O)C5O)C4CCC3(C)C1(C)CC2O. The minimum Gasteiger partial charge on any atom is -0.468 e. The molecule has 276 valence electrons. The number of aliphatic hydroxyl groups is 6. The second-order valence-corrected chi connectivity index (χ2v) is 18.1. The summed E-state index contributed by atoms with van der Waals surface area (Å²) in [6, 6.07) is 0. The molecule has 5 aliphatic carbocycles. The molecule has 7 rings (SSSR count). The zero-order valence-electron chi connectivity index (χ0n) is 29.6. The fourth-order valence-electron chi connectivity index (χ4n) is 12.9. The highest BCUT2D eigenvalue weighted by Crippen LogP contribution is 2.77. The lowest BCUT2D eigenvalue weighted by atomic mass is 9.33. The standard InChI is InChI=1S/C37H56O12/c1-32(2)11-12-36(30(44)46-6)19(13-32)18-7-8-22-33(3)14-20-28(49-29-27(43)26(42)25(41)21(16-38)47-29)37(17-39,31(45)48-20)23(33)9-10-34(22,4)35(18,5)15-24(36)40/h7,19-29,38-43H,8-17H2,1-6H3. The molecule has 0 spiro atoms. The van der Waals surface area contributed by atoms with E-state index in [1.807, 2.05) is 0 Å². The number of hydrogen-bond donors (Lipinski definition) is 6. The third kappa shape index (κ3) is 4.44. The van der Waals surface area contributed by atoms with Gasteiger partial charge < -0.3 is 49.6 Å². The number of aliphatic hydroxyl groups excluding tert-OH is 6. The van der Waals surface area contributed by atoms with Crippen molar-refractivity contribution >= 4 is 11.9 Å². The average molecular weight is 693 g/mol. The van der Waals surface area contributed by atoms with Crippen molar-refractivity contribution in [2.24, 2.45) is 50.2 Å². The molecule has 0 aromatic rings. The van der Waals surface area contributed by atoms with Crippen LogP contribution in [0.2, 0.25) is 0 Å². The third-order valence-electron chi connectivity index (χ3n) is 15.7. The van der Waals surface area contributed by atoms with Gasteiger partial charge in [-0.05, 0) is 90.8 Å². The van der Waals surface area contributed by atoms with Crippen LogP contribution in [0.25, 0.3) is 0 Å². The summed E-state index contributed by atoms with van der Waals surface area (Å²) in [4.78, 5) is 27.5. The first-order chi connectivity index (χ1) is 22.9. The van der Waals surface area contributed by atoms with Gasteiger partial charge in [0.1, 0.15) is 47.5 Å². The lowest BCUT2D eigenvalue weighted by Gasteiger charge is -2.71. The first kappa shape index (κ1) is 35.7. The Hall–Kier alpha value is -1.64. The Morgan fingerprint density at radius 2 is 1.65 bits per heavy atom. The summed E-state index contributed by atoms with van der Waals surface area (Å²) in [6.45, 7) is 10.0. The predicted molar refractivity (Wildman–Crippen MR) is 172 cm³/mol. The van der Waals surface area contributed by atoms with Crippen molar-refractivity contribution in [2.45, 2.75) is 135 Å². The van der Waals surface area contributed by atoms with E-state index in [1.165, 1.54) is 12.7 Å². The Morgan fingerprint density at radius 3 is 2.31 bits per heavy atom. The molecule has 12 heteroatoms. The van der Waals surface area contributed by atoms with Crippen LogP contribution in [0.1, 0.15) is 86.0 Å². The van der Waals surface area contributed by atoms with Crippen LogP contribution in [0.4, 0.5) is 0 Å². The minimum atomic E-state index is -1.66. The molecule has 0 radical (unpaired) electrons. The lowest BCUT2D eigenvalue weighted by molar-refractivity contribution is -0.331. The average Bonchev–Trinajstić information content (AvgIpc) is 3.24. The van der Waals surface area contributed by atoms with Crippen LogP contribution >= 0.6 is 0 Å². The van der Waals surface area contributed by atoms with Gasteiger partial charge in [-0.2, -0.15) is 0 Å². The van der Waals surface area contributed by atoms with Gasteiger partial charge in [-0.1, -0.05) is 46.3 Å². The molecular formula is C37H56O12. The van der Waals surface area contributed by atoms with Crippen molar-refractivity contribution in [3.63, 3.8) is 0 Å². The predicted octanol–water partition coefficient (Wildman–Crippen LogP) is 1.60. The fourth-order valence-corrected chi connectivity index (χ4v) is 12.9. The smallest absolute Gasteiger partial charge is 0.317 e. The molecule has 49 heavy (non-hydrogen) atoms. The summed E-state index contributed by atoms with van der Waals surface area (Å²) in [5, 5.41) is 64.5. The molecule has 2 bridgehead atoms. The van der Waals surface area contributed by atoms with Gasteiger partial charge in [-0.15, -0.1) is 0 Å². The molecule has 0 amide bonds. The summed E-state index contributed by atoms with van der Waals surface area (Å²) in [5.74, 6) is -1.38. The van der Waals surface area contributed by atoms with Crippen molar-refractivity contribution in [2.75, 3.05) is 20.3 Å². The number of esters is 2. The highest BCUT2D eigenvalue weighted by atomic mass is 16.7. The number of hydrogen-bond acceptors (Lipinski definition) is 12. The normalized spacial score (nSPS) is 54.4. The highest BCUT2D eigenvalue weighted by molar-refractivity contribution is 5.82. The topological polar surface area (TPSA) is 192 Å². The van der Waals surface area contributed by atoms with E-state index in [2.05, 4.69) is 40.7 Å². The van der Waals surface area contributed by atoms with Crippen LogP contribution in [0.15, 0.2) is 11.6 Å². The maximum Gasteiger partial charge on any atom is 0.317 e. The van der Waals surface area contributed by atoms with Crippen LogP contribution in [0.5, 0.6) is 0 Å². The molecule has 0 aromatic carbocycles. The molecule has 2 aliphatic heterocycles. The molecule has 4 saturated carbocycles. The van der Waals surface area contributed by atoms with E-state index in [9.17, 15) is 40.2 Å². The lowest BCUT2D eigenvalue weighted by Crippen LogP contribution is -2.70. The number of methoxy groups -OCH3 is 1. The largest absolute Gasteiger partial charge is 0.468 e. The minimum absolute atomic E-state index is 0.00781. The van der Waals surface area contributed by atoms with E-state index in [0.29, 0.717) is 38.5 Å². The number of carbonyl (C=O) groups is 2. The van der Waals surface area contributed by atoms with Crippen LogP contribution in [0.3, 0.4) is 0 Å². The van der Waals surface area contributed by atoms with Gasteiger partial charge in [0, 0.05) is 0 Å². The van der Waals surface area contributed by atoms with Crippen LogP contribution in [-0.2, 0) is 28.5 Å². The van der Waals surface area contributed by atoms with E-state index < -0.39 is 89.9 Å². The fraction of sp³-hybridized carbons (Fsp3) is 0.892. The molecule has 7 aliphatic rings. The molecular weight excluding hydrogens is 636 g/mol. The van der Waals surface area contributed by atoms with Crippen molar-refractivity contribution in [1.29, 1.82) is 0 Å². The summed E-state index contributed by atoms with van der Waals surface area (Å²) < 4.78 is 23.4. The summed E-state index contributed by atoms with van der Waals surface area (Å²) in [5.41, 5.74) is -2.49. The summed E-state index contributed by atoms with van der Waals surface area (Å²) in [7, 11) is 1.41. The first-order valence-corrected chi connectivity index (χ1v) is 18.2. The van der Waals surface area contributed by atoms with Gasteiger partial charge in [-0.25, -0.2) is 0 Å². The quantitative estimate of drug-likeness (QED) is 0.139. The van der Waals surface area contributed by atoms with Gasteiger partial charge in [0.05, 0.1) is 26.4 Å². The van der Waals surface area contributed by atoms with Crippen molar-refractivity contribution in [3.8, 4) is 0 Å². The van der Waals surface area contributed by atoms with Crippen LogP contribution < -0.4 is 0 Å². The number of allylic oxidation sites excluding steroid dienone is 2. The Labute approximate surface area is 288 Å². The second-order valence-electron chi connectivity index (χ2n) is 18.1. The summed E-state index contributed by atoms with van der Waals surface area (Å²) in [6.07, 6.45) is -2.87. The first-order valence-electron chi connectivity index (χ1n) is 18.2. The maximum absolute atomic E-state index is 13.9. The molecule has 6 fully saturated rings. The van der Waals surface area contributed by atoms with Gasteiger partial charge in [0.15, 0.2) is 6.29 Å². The Balaban J connectivity index is 1.26. The molecule has 12 nitrogen and oxygen atoms in total. The van der Waals surface area contributed by atoms with E-state index in [-0.39, 0.29) is 34.6 Å². The van der Waals surface area contributed by atoms with Gasteiger partial charge in [0.25, 0.3) is 0 Å². The van der Waals surface area contributed by atoms with E-state index in [4.69, 9.17) is 18.9 Å². The van der Waals surface area contributed by atoms with Crippen molar-refractivity contribution in [3.05, 3.63) is 11.6 Å². The number of carbonyl (C=O) groups excluding carboxylic acids is 2. The van der Waals surface area contributed by atoms with Crippen LogP contribution in [-0.4, -0.2) is 112 Å². The molecule has 16 unspecified atom stereocenters. The zero-order valence-corrected chi connectivity index (χ0v) is 29.6. The Kier molecular flexibility index (Phi) is 8.34. The molecule has 2 heterocycles. The molecule has 6 N–H and O–H groups in total. The number of ether oxygens (including phenoxy) is 4. The van der Waals surface area contributed by atoms with Gasteiger partial charge >= 0.3 is 11.9 Å². The van der Waals surface area contributed by atoms with Gasteiger partial charge in [0.2, 0.25) is 0 Å².